The maximum Gasteiger partial charge on any atom is 0.384 e. The van der Waals surface area contributed by atoms with Crippen LogP contribution in [0, 0.1) is 0 Å². The Bertz CT molecular complexity index is 525. The van der Waals surface area contributed by atoms with Gasteiger partial charge < -0.3 is 4.42 Å². The van der Waals surface area contributed by atoms with Crippen molar-refractivity contribution in [1.82, 2.24) is 0 Å². The fraction of sp³-hybridized carbons (Fsp3) is 0.571. The van der Waals surface area contributed by atoms with Crippen LogP contribution in [0.1, 0.15) is 52.7 Å². The topological polar surface area (TPSA) is 47.3 Å². The molecule has 3 nitrogen and oxygen atoms in total. The van der Waals surface area contributed by atoms with Crippen molar-refractivity contribution in [2.45, 2.75) is 52.4 Å². The first-order valence-electron chi connectivity index (χ1n) is 5.71. The first-order chi connectivity index (χ1) is 7.53. The van der Waals surface area contributed by atoms with E-state index in [2.05, 4.69) is 0 Å². The smallest absolute Gasteiger partial charge is 0.384 e. The zero-order valence-electron chi connectivity index (χ0n) is 11.4. The number of rotatable bonds is 0. The minimum Gasteiger partial charge on any atom is -0.428 e. The fourth-order valence-electron chi connectivity index (χ4n) is 1.49. The Morgan fingerprint density at radius 2 is 1.47 bits per heavy atom. The number of hydrogen-bond acceptors (Lipinski definition) is 3. The molecular formula is C14H20O3. The van der Waals surface area contributed by atoms with Crippen LogP contribution in [0.4, 0.5) is 0 Å². The average Bonchev–Trinajstić information content (AvgIpc) is 2.25. The van der Waals surface area contributed by atoms with Gasteiger partial charge in [-0.2, -0.15) is 0 Å². The predicted molar refractivity (Wildman–Crippen MR) is 68.6 cm³/mol. The van der Waals surface area contributed by atoms with Crippen LogP contribution >= 0.6 is 0 Å². The van der Waals surface area contributed by atoms with E-state index in [0.29, 0.717) is 5.56 Å². The third-order valence-electron chi connectivity index (χ3n) is 2.70. The summed E-state index contributed by atoms with van der Waals surface area (Å²) in [7, 11) is 0. The van der Waals surface area contributed by atoms with Crippen molar-refractivity contribution in [3.05, 3.63) is 44.1 Å². The zero-order valence-corrected chi connectivity index (χ0v) is 11.4. The van der Waals surface area contributed by atoms with Crippen molar-refractivity contribution in [2.24, 2.45) is 0 Å². The molecule has 17 heavy (non-hydrogen) atoms. The standard InChI is InChI=1S/C14H20O3/c1-13(2,3)9-7-10(14(4,5)6)11(15)12(16)17-8-9/h7-8H,1-6H3. The molecule has 3 heteroatoms. The molecule has 1 aromatic heterocycles. The highest BCUT2D eigenvalue weighted by atomic mass is 16.4. The first kappa shape index (κ1) is 13.7. The molecule has 1 heterocycles. The molecule has 0 saturated heterocycles. The molecule has 0 unspecified atom stereocenters. The largest absolute Gasteiger partial charge is 0.428 e. The second-order valence-electron chi connectivity index (χ2n) is 6.37. The van der Waals surface area contributed by atoms with Gasteiger partial charge in [0.15, 0.2) is 0 Å². The molecule has 0 aromatic carbocycles. The summed E-state index contributed by atoms with van der Waals surface area (Å²) in [5.74, 6) is 0. The molecule has 0 atom stereocenters. The lowest BCUT2D eigenvalue weighted by atomic mass is 9.83. The highest BCUT2D eigenvalue weighted by Crippen LogP contribution is 2.25. The first-order valence-corrected chi connectivity index (χ1v) is 5.71. The van der Waals surface area contributed by atoms with Gasteiger partial charge in [0.1, 0.15) is 0 Å². The van der Waals surface area contributed by atoms with Crippen molar-refractivity contribution in [3.8, 4) is 0 Å². The number of hydrogen-bond donors (Lipinski definition) is 0. The molecule has 0 N–H and O–H groups in total. The van der Waals surface area contributed by atoms with Crippen molar-refractivity contribution < 1.29 is 4.42 Å². The highest BCUT2D eigenvalue weighted by molar-refractivity contribution is 5.27. The molecule has 0 aliphatic heterocycles. The van der Waals surface area contributed by atoms with E-state index >= 15 is 0 Å². The molecule has 0 radical (unpaired) electrons. The van der Waals surface area contributed by atoms with Gasteiger partial charge in [-0.3, -0.25) is 4.79 Å². The summed E-state index contributed by atoms with van der Waals surface area (Å²) in [6.45, 7) is 11.8. The summed E-state index contributed by atoms with van der Waals surface area (Å²) >= 11 is 0. The molecule has 0 aliphatic rings. The predicted octanol–water partition coefficient (Wildman–Crippen LogP) is 2.60. The van der Waals surface area contributed by atoms with Crippen LogP contribution in [0.3, 0.4) is 0 Å². The van der Waals surface area contributed by atoms with E-state index in [0.717, 1.165) is 5.56 Å². The third-order valence-corrected chi connectivity index (χ3v) is 2.70. The Balaban J connectivity index is 3.73. The van der Waals surface area contributed by atoms with E-state index in [9.17, 15) is 9.59 Å². The van der Waals surface area contributed by atoms with Gasteiger partial charge in [0.25, 0.3) is 5.43 Å². The summed E-state index contributed by atoms with van der Waals surface area (Å²) in [6, 6.07) is 1.78. The van der Waals surface area contributed by atoms with Crippen LogP contribution in [0.2, 0.25) is 0 Å². The summed E-state index contributed by atoms with van der Waals surface area (Å²) in [4.78, 5) is 23.4. The van der Waals surface area contributed by atoms with Crippen molar-refractivity contribution in [1.29, 1.82) is 0 Å². The molecule has 0 spiro atoms. The maximum atomic E-state index is 11.9. The quantitative estimate of drug-likeness (QED) is 0.650. The molecule has 94 valence electrons. The molecule has 0 amide bonds. The fourth-order valence-corrected chi connectivity index (χ4v) is 1.49. The van der Waals surface area contributed by atoms with Crippen molar-refractivity contribution >= 4 is 0 Å². The summed E-state index contributed by atoms with van der Waals surface area (Å²) in [6.07, 6.45) is 1.39. The molecule has 0 aliphatic carbocycles. The summed E-state index contributed by atoms with van der Waals surface area (Å²) in [5.41, 5.74) is -0.534. The normalized spacial score (nSPS) is 12.6. The van der Waals surface area contributed by atoms with Crippen LogP contribution in [-0.4, -0.2) is 0 Å². The van der Waals surface area contributed by atoms with E-state index in [1.165, 1.54) is 6.26 Å². The van der Waals surface area contributed by atoms with E-state index < -0.39 is 11.1 Å². The molecule has 1 aromatic rings. The van der Waals surface area contributed by atoms with Gasteiger partial charge in [-0.1, -0.05) is 41.5 Å². The Morgan fingerprint density at radius 1 is 0.941 bits per heavy atom. The van der Waals surface area contributed by atoms with E-state index in [-0.39, 0.29) is 10.8 Å². The Kier molecular flexibility index (Phi) is 3.33. The maximum absolute atomic E-state index is 11.9. The highest BCUT2D eigenvalue weighted by Gasteiger charge is 2.22. The van der Waals surface area contributed by atoms with Crippen LogP contribution < -0.4 is 11.1 Å². The Labute approximate surface area is 101 Å². The SMILES string of the molecule is CC(C)(C)c1coc(=O)c(=O)c(C(C)(C)C)c1. The van der Waals surface area contributed by atoms with E-state index in [4.69, 9.17) is 4.42 Å². The minimum atomic E-state index is -0.801. The second-order valence-corrected chi connectivity index (χ2v) is 6.37. The van der Waals surface area contributed by atoms with Gasteiger partial charge >= 0.3 is 5.63 Å². The molecule has 1 rings (SSSR count). The van der Waals surface area contributed by atoms with Gasteiger partial charge in [0.05, 0.1) is 6.26 Å². The third kappa shape index (κ3) is 3.05. The summed E-state index contributed by atoms with van der Waals surface area (Å²) in [5, 5.41) is 0. The monoisotopic (exact) mass is 236 g/mol. The van der Waals surface area contributed by atoms with Gasteiger partial charge in [-0.05, 0) is 22.5 Å². The Hall–Kier alpha value is -1.38. The lowest BCUT2D eigenvalue weighted by Crippen LogP contribution is -2.30. The molecule has 0 saturated carbocycles. The van der Waals surface area contributed by atoms with E-state index in [1.807, 2.05) is 41.5 Å². The average molecular weight is 236 g/mol. The van der Waals surface area contributed by atoms with Crippen LogP contribution in [-0.2, 0) is 10.8 Å². The van der Waals surface area contributed by atoms with Gasteiger partial charge in [-0.25, -0.2) is 4.79 Å². The minimum absolute atomic E-state index is 0.165. The van der Waals surface area contributed by atoms with Gasteiger partial charge in [0.2, 0.25) is 0 Å². The van der Waals surface area contributed by atoms with E-state index in [1.54, 1.807) is 6.07 Å². The lowest BCUT2D eigenvalue weighted by Gasteiger charge is -2.20. The molecular weight excluding hydrogens is 216 g/mol. The van der Waals surface area contributed by atoms with Gasteiger partial charge in [0, 0.05) is 5.56 Å². The lowest BCUT2D eigenvalue weighted by molar-refractivity contribution is 0.483. The van der Waals surface area contributed by atoms with Crippen LogP contribution in [0.5, 0.6) is 0 Å². The van der Waals surface area contributed by atoms with Gasteiger partial charge in [-0.15, -0.1) is 0 Å². The van der Waals surface area contributed by atoms with Crippen LogP contribution in [0.15, 0.2) is 26.3 Å². The van der Waals surface area contributed by atoms with Crippen molar-refractivity contribution in [2.75, 3.05) is 0 Å². The van der Waals surface area contributed by atoms with Crippen LogP contribution in [0.25, 0.3) is 0 Å². The zero-order chi connectivity index (χ0) is 13.4. The second kappa shape index (κ2) is 4.13. The Morgan fingerprint density at radius 3 is 1.88 bits per heavy atom. The van der Waals surface area contributed by atoms with Crippen molar-refractivity contribution in [3.63, 3.8) is 0 Å². The molecule has 0 bridgehead atoms. The molecule has 0 fully saturated rings. The summed E-state index contributed by atoms with van der Waals surface area (Å²) < 4.78 is 4.88.